The lowest BCUT2D eigenvalue weighted by molar-refractivity contribution is -0.127. The van der Waals surface area contributed by atoms with Gasteiger partial charge in [0.1, 0.15) is 11.8 Å². The molecule has 3 N–H and O–H groups in total. The molecule has 3 amide bonds. The summed E-state index contributed by atoms with van der Waals surface area (Å²) < 4.78 is 5.49. The Morgan fingerprint density at radius 2 is 1.77 bits per heavy atom. The van der Waals surface area contributed by atoms with Gasteiger partial charge < -0.3 is 20.7 Å². The van der Waals surface area contributed by atoms with Crippen molar-refractivity contribution in [2.45, 2.75) is 39.2 Å². The average Bonchev–Trinajstić information content (AvgIpc) is 3.43. The Morgan fingerprint density at radius 3 is 2.55 bits per heavy atom. The molecule has 0 saturated heterocycles. The van der Waals surface area contributed by atoms with E-state index in [4.69, 9.17) is 4.74 Å². The van der Waals surface area contributed by atoms with Crippen LogP contribution in [0.25, 0.3) is 11.3 Å². The van der Waals surface area contributed by atoms with Crippen LogP contribution in [0.5, 0.6) is 5.75 Å². The number of benzene rings is 2. The highest BCUT2D eigenvalue weighted by Gasteiger charge is 2.24. The van der Waals surface area contributed by atoms with Crippen LogP contribution < -0.4 is 20.7 Å². The topological polar surface area (TPSA) is 126 Å². The molecule has 0 saturated carbocycles. The van der Waals surface area contributed by atoms with E-state index in [9.17, 15) is 19.2 Å². The van der Waals surface area contributed by atoms with Gasteiger partial charge in [-0.25, -0.2) is 0 Å². The van der Waals surface area contributed by atoms with Gasteiger partial charge in [0.25, 0.3) is 5.91 Å². The van der Waals surface area contributed by atoms with Gasteiger partial charge in [-0.2, -0.15) is 0 Å². The summed E-state index contributed by atoms with van der Waals surface area (Å²) in [6.45, 7) is 4.02. The number of nitrogens with zero attached hydrogens (tertiary/aromatic N) is 1. The molecule has 40 heavy (non-hydrogen) atoms. The Morgan fingerprint density at radius 1 is 0.950 bits per heavy atom. The SMILES string of the molecule is CC(C)C[C@H](NC(=O)c1ccc2c(c1)CCO2)C(=O)NCC(=O)CNC(=O)Cc1cccc(-c2ccccn2)c1. The standard InChI is InChI=1S/C31H34N4O5/c1-20(2)14-27(35-30(38)24-9-10-28-23(17-24)11-13-40-28)31(39)34-19-25(36)18-33-29(37)16-21-6-5-7-22(15-21)26-8-3-4-12-32-26/h3-10,12,15,17,20,27H,11,13-14,16,18-19H2,1-2H3,(H,33,37)(H,34,39)(H,35,38)/t27-/m0/s1. The van der Waals surface area contributed by atoms with Crippen molar-refractivity contribution in [1.82, 2.24) is 20.9 Å². The molecule has 0 radical (unpaired) electrons. The molecule has 0 bridgehead atoms. The van der Waals surface area contributed by atoms with Crippen LogP contribution in [0.4, 0.5) is 0 Å². The number of fused-ring (bicyclic) bond motifs is 1. The predicted octanol–water partition coefficient (Wildman–Crippen LogP) is 2.87. The molecule has 1 atom stereocenters. The van der Waals surface area contributed by atoms with Gasteiger partial charge >= 0.3 is 0 Å². The zero-order valence-corrected chi connectivity index (χ0v) is 22.7. The molecule has 9 nitrogen and oxygen atoms in total. The smallest absolute Gasteiger partial charge is 0.251 e. The number of pyridine rings is 1. The molecule has 2 heterocycles. The van der Waals surface area contributed by atoms with Crippen molar-refractivity contribution in [3.8, 4) is 17.0 Å². The molecule has 208 valence electrons. The molecule has 3 aromatic rings. The van der Waals surface area contributed by atoms with E-state index in [1.165, 1.54) is 0 Å². The number of ketones is 1. The van der Waals surface area contributed by atoms with Gasteiger partial charge in [-0.05, 0) is 59.9 Å². The molecule has 9 heteroatoms. The zero-order valence-electron chi connectivity index (χ0n) is 22.7. The maximum Gasteiger partial charge on any atom is 0.251 e. The fraction of sp³-hybridized carbons (Fsp3) is 0.323. The lowest BCUT2D eigenvalue weighted by Gasteiger charge is -2.20. The van der Waals surface area contributed by atoms with Gasteiger partial charge in [0.15, 0.2) is 5.78 Å². The monoisotopic (exact) mass is 542 g/mol. The van der Waals surface area contributed by atoms with Crippen molar-refractivity contribution in [2.24, 2.45) is 5.92 Å². The Hall–Kier alpha value is -4.53. The quantitative estimate of drug-likeness (QED) is 0.323. The maximum absolute atomic E-state index is 12.9. The Kier molecular flexibility index (Phi) is 9.62. The molecule has 1 aliphatic rings. The van der Waals surface area contributed by atoms with Gasteiger partial charge in [-0.15, -0.1) is 0 Å². The Bertz CT molecular complexity index is 1370. The van der Waals surface area contributed by atoms with E-state index in [-0.39, 0.29) is 43.0 Å². The fourth-order valence-electron chi connectivity index (χ4n) is 4.46. The third-order valence-corrected chi connectivity index (χ3v) is 6.48. The first-order valence-electron chi connectivity index (χ1n) is 13.4. The predicted molar refractivity (Wildman–Crippen MR) is 151 cm³/mol. The summed E-state index contributed by atoms with van der Waals surface area (Å²) in [7, 11) is 0. The summed E-state index contributed by atoms with van der Waals surface area (Å²) in [6, 6.07) is 17.6. The van der Waals surface area contributed by atoms with Crippen molar-refractivity contribution in [3.05, 3.63) is 83.6 Å². The fourth-order valence-corrected chi connectivity index (χ4v) is 4.46. The first kappa shape index (κ1) is 28.5. The van der Waals surface area contributed by atoms with Crippen LogP contribution in [0.1, 0.15) is 41.8 Å². The Labute approximate surface area is 233 Å². The number of amides is 3. The minimum Gasteiger partial charge on any atom is -0.493 e. The number of carbonyl (C=O) groups is 4. The second-order valence-corrected chi connectivity index (χ2v) is 10.2. The summed E-state index contributed by atoms with van der Waals surface area (Å²) >= 11 is 0. The van der Waals surface area contributed by atoms with Gasteiger partial charge in [0, 0.05) is 23.7 Å². The van der Waals surface area contributed by atoms with E-state index in [0.717, 1.165) is 34.6 Å². The Balaban J connectivity index is 1.24. The normalized spacial score (nSPS) is 12.7. The van der Waals surface area contributed by atoms with E-state index in [0.29, 0.717) is 18.6 Å². The van der Waals surface area contributed by atoms with E-state index in [1.54, 1.807) is 24.4 Å². The molecule has 0 unspecified atom stereocenters. The molecule has 1 aromatic heterocycles. The first-order chi connectivity index (χ1) is 19.3. The molecule has 0 aliphatic carbocycles. The zero-order chi connectivity index (χ0) is 28.5. The van der Waals surface area contributed by atoms with Crippen LogP contribution in [0.15, 0.2) is 66.9 Å². The third kappa shape index (κ3) is 7.99. The van der Waals surface area contributed by atoms with E-state index >= 15 is 0 Å². The summed E-state index contributed by atoms with van der Waals surface area (Å²) in [6.07, 6.45) is 2.97. The van der Waals surface area contributed by atoms with Crippen LogP contribution in [0.3, 0.4) is 0 Å². The van der Waals surface area contributed by atoms with Crippen LogP contribution in [-0.4, -0.2) is 54.2 Å². The summed E-state index contributed by atoms with van der Waals surface area (Å²) in [5, 5.41) is 8.01. The number of aromatic nitrogens is 1. The minimum absolute atomic E-state index is 0.109. The van der Waals surface area contributed by atoms with Gasteiger partial charge in [0.05, 0.1) is 31.8 Å². The van der Waals surface area contributed by atoms with Gasteiger partial charge in [-0.3, -0.25) is 24.2 Å². The van der Waals surface area contributed by atoms with Gasteiger partial charge in [0.2, 0.25) is 11.8 Å². The second kappa shape index (κ2) is 13.5. The number of ether oxygens (including phenoxy) is 1. The average molecular weight is 543 g/mol. The lowest BCUT2D eigenvalue weighted by atomic mass is 10.0. The minimum atomic E-state index is -0.800. The van der Waals surface area contributed by atoms with E-state index in [2.05, 4.69) is 20.9 Å². The highest BCUT2D eigenvalue weighted by atomic mass is 16.5. The summed E-state index contributed by atoms with van der Waals surface area (Å²) in [5.74, 6) is -0.550. The summed E-state index contributed by atoms with van der Waals surface area (Å²) in [5.41, 5.74) is 3.92. The molecule has 0 spiro atoms. The van der Waals surface area contributed by atoms with Crippen molar-refractivity contribution < 1.29 is 23.9 Å². The van der Waals surface area contributed by atoms with E-state index < -0.39 is 11.9 Å². The largest absolute Gasteiger partial charge is 0.493 e. The maximum atomic E-state index is 12.9. The first-order valence-corrected chi connectivity index (χ1v) is 13.4. The van der Waals surface area contributed by atoms with Crippen LogP contribution in [0.2, 0.25) is 0 Å². The molecule has 1 aliphatic heterocycles. The highest BCUT2D eigenvalue weighted by molar-refractivity contribution is 5.98. The number of nitrogens with one attached hydrogen (secondary N) is 3. The van der Waals surface area contributed by atoms with Crippen LogP contribution in [0, 0.1) is 5.92 Å². The molecule has 2 aromatic carbocycles. The number of Topliss-reactive ketones (excluding diaryl/α,β-unsaturated/α-hetero) is 1. The molecular weight excluding hydrogens is 508 g/mol. The lowest BCUT2D eigenvalue weighted by Crippen LogP contribution is -2.49. The van der Waals surface area contributed by atoms with Crippen molar-refractivity contribution in [3.63, 3.8) is 0 Å². The number of hydrogen-bond acceptors (Lipinski definition) is 6. The third-order valence-electron chi connectivity index (χ3n) is 6.48. The molecular formula is C31H34N4O5. The van der Waals surface area contributed by atoms with E-state index in [1.807, 2.05) is 56.3 Å². The number of carbonyl (C=O) groups excluding carboxylic acids is 4. The highest BCUT2D eigenvalue weighted by Crippen LogP contribution is 2.26. The van der Waals surface area contributed by atoms with Crippen LogP contribution in [-0.2, 0) is 27.2 Å². The van der Waals surface area contributed by atoms with Crippen molar-refractivity contribution >= 4 is 23.5 Å². The number of hydrogen-bond donors (Lipinski definition) is 3. The summed E-state index contributed by atoms with van der Waals surface area (Å²) in [4.78, 5) is 54.9. The molecule has 4 rings (SSSR count). The van der Waals surface area contributed by atoms with Crippen molar-refractivity contribution in [1.29, 1.82) is 0 Å². The molecule has 0 fully saturated rings. The number of rotatable bonds is 12. The van der Waals surface area contributed by atoms with Crippen molar-refractivity contribution in [2.75, 3.05) is 19.7 Å². The van der Waals surface area contributed by atoms with Gasteiger partial charge in [-0.1, -0.05) is 38.1 Å². The second-order valence-electron chi connectivity index (χ2n) is 10.2. The van der Waals surface area contributed by atoms with Crippen LogP contribution >= 0.6 is 0 Å².